The van der Waals surface area contributed by atoms with E-state index in [2.05, 4.69) is 140 Å². The lowest BCUT2D eigenvalue weighted by atomic mass is 9.59. The summed E-state index contributed by atoms with van der Waals surface area (Å²) >= 11 is 0. The van der Waals surface area contributed by atoms with E-state index in [0.29, 0.717) is 5.92 Å². The van der Waals surface area contributed by atoms with Gasteiger partial charge in [0.25, 0.3) is 0 Å². The third-order valence-electron chi connectivity index (χ3n) is 10.7. The van der Waals surface area contributed by atoms with Crippen molar-refractivity contribution < 1.29 is 0 Å². The van der Waals surface area contributed by atoms with E-state index in [4.69, 9.17) is 0 Å². The third-order valence-corrected chi connectivity index (χ3v) is 10.7. The molecule has 1 aromatic rings. The molecule has 9 unspecified atom stereocenters. The summed E-state index contributed by atoms with van der Waals surface area (Å²) in [4.78, 5) is 0. The zero-order valence-corrected chi connectivity index (χ0v) is 29.7. The van der Waals surface area contributed by atoms with Crippen LogP contribution in [-0.4, -0.2) is 0 Å². The van der Waals surface area contributed by atoms with Crippen LogP contribution in [0, 0.1) is 72.0 Å². The lowest BCUT2D eigenvalue weighted by molar-refractivity contribution is 0.0340. The van der Waals surface area contributed by atoms with E-state index < -0.39 is 0 Å². The summed E-state index contributed by atoms with van der Waals surface area (Å²) in [5, 5.41) is 0. The summed E-state index contributed by atoms with van der Waals surface area (Å²) in [6, 6.07) is 8.66. The van der Waals surface area contributed by atoms with Gasteiger partial charge in [-0.2, -0.15) is 0 Å². The minimum atomic E-state index is 0.628. The molecule has 0 spiro atoms. The van der Waals surface area contributed by atoms with Crippen LogP contribution in [0.5, 0.6) is 0 Å². The minimum absolute atomic E-state index is 0.628. The van der Waals surface area contributed by atoms with Crippen LogP contribution >= 0.6 is 0 Å². The molecule has 0 saturated heterocycles. The van der Waals surface area contributed by atoms with Crippen molar-refractivity contribution in [2.45, 2.75) is 129 Å². The van der Waals surface area contributed by atoms with Gasteiger partial charge in [0.1, 0.15) is 0 Å². The zero-order chi connectivity index (χ0) is 31.2. The van der Waals surface area contributed by atoms with Crippen molar-refractivity contribution in [1.29, 1.82) is 0 Å². The molecule has 0 nitrogen and oxygen atoms in total. The predicted molar refractivity (Wildman–Crippen MR) is 185 cm³/mol. The maximum Gasteiger partial charge on any atom is -0.0234 e. The summed E-state index contributed by atoms with van der Waals surface area (Å²) in [5.41, 5.74) is 4.04. The van der Waals surface area contributed by atoms with Crippen LogP contribution in [0.15, 0.2) is 49.1 Å². The molecular weight excluding hydrogens is 480 g/mol. The summed E-state index contributed by atoms with van der Waals surface area (Å²) < 4.78 is 0. The molecule has 0 amide bonds. The Balaban J connectivity index is 0.000000769. The molecule has 1 aromatic carbocycles. The fourth-order valence-corrected chi connectivity index (χ4v) is 6.96. The van der Waals surface area contributed by atoms with Crippen LogP contribution in [0.4, 0.5) is 0 Å². The summed E-state index contributed by atoms with van der Waals surface area (Å²) in [6.07, 6.45) is 8.73. The standard InChI is InChI=1S/C24H46.C9H12.C7H14/c1-11-16(5)24(21(10)17(6)15(3)4)14-23-13-22(12-2)19(8)18(7)20(23)9;1-3-9-6-4-8(2)5-7-9;1-6(2)5-7(3)4/h11,15-24H,1,12-14H2,2-10H3;4-7H,3H2,1-2H3;7H,1,5H2,2-4H3. The molecule has 0 N–H and O–H groups in total. The normalized spacial score (nSPS) is 25.6. The van der Waals surface area contributed by atoms with E-state index in [1.54, 1.807) is 0 Å². The van der Waals surface area contributed by atoms with E-state index in [0.717, 1.165) is 65.6 Å². The van der Waals surface area contributed by atoms with Gasteiger partial charge in [0, 0.05) is 0 Å². The first-order chi connectivity index (χ1) is 18.6. The molecule has 0 bridgehead atoms. The van der Waals surface area contributed by atoms with Gasteiger partial charge in [-0.1, -0.05) is 131 Å². The Bertz CT molecular complexity index is 794. The molecule has 2 rings (SSSR count). The Hall–Kier alpha value is -1.30. The van der Waals surface area contributed by atoms with E-state index in [-0.39, 0.29) is 0 Å². The van der Waals surface area contributed by atoms with Crippen molar-refractivity contribution in [3.8, 4) is 0 Å². The van der Waals surface area contributed by atoms with Crippen LogP contribution in [-0.2, 0) is 6.42 Å². The molecular formula is C40H72. The summed E-state index contributed by atoms with van der Waals surface area (Å²) in [7, 11) is 0. The highest BCUT2D eigenvalue weighted by Gasteiger charge is 2.39. The van der Waals surface area contributed by atoms with Gasteiger partial charge in [-0.3, -0.25) is 0 Å². The highest BCUT2D eigenvalue weighted by atomic mass is 14.4. The maximum atomic E-state index is 4.14. The maximum absolute atomic E-state index is 4.14. The first-order valence-electron chi connectivity index (χ1n) is 16.9. The van der Waals surface area contributed by atoms with E-state index in [9.17, 15) is 0 Å². The average molecular weight is 553 g/mol. The third kappa shape index (κ3) is 13.6. The fourth-order valence-electron chi connectivity index (χ4n) is 6.96. The molecule has 1 fully saturated rings. The molecule has 0 aliphatic heterocycles. The van der Waals surface area contributed by atoms with Crippen LogP contribution in [0.3, 0.4) is 0 Å². The van der Waals surface area contributed by atoms with Crippen molar-refractivity contribution in [3.05, 3.63) is 60.2 Å². The molecule has 40 heavy (non-hydrogen) atoms. The lowest BCUT2D eigenvalue weighted by Crippen LogP contribution is -2.38. The second-order valence-corrected chi connectivity index (χ2v) is 14.6. The molecule has 0 heterocycles. The van der Waals surface area contributed by atoms with Crippen LogP contribution in [0.1, 0.15) is 127 Å². The lowest BCUT2D eigenvalue weighted by Gasteiger charge is -2.46. The van der Waals surface area contributed by atoms with Crippen molar-refractivity contribution in [1.82, 2.24) is 0 Å². The minimum Gasteiger partial charge on any atom is -0.103 e. The number of hydrogen-bond donors (Lipinski definition) is 0. The molecule has 0 radical (unpaired) electrons. The molecule has 0 aromatic heterocycles. The molecule has 1 saturated carbocycles. The zero-order valence-electron chi connectivity index (χ0n) is 29.7. The van der Waals surface area contributed by atoms with Gasteiger partial charge in [0.15, 0.2) is 0 Å². The topological polar surface area (TPSA) is 0 Å². The highest BCUT2D eigenvalue weighted by molar-refractivity contribution is 5.20. The number of aryl methyl sites for hydroxylation is 2. The van der Waals surface area contributed by atoms with Crippen LogP contribution in [0.25, 0.3) is 0 Å². The van der Waals surface area contributed by atoms with Gasteiger partial charge in [0.2, 0.25) is 0 Å². The van der Waals surface area contributed by atoms with Crippen molar-refractivity contribution >= 4 is 0 Å². The molecule has 0 heteroatoms. The van der Waals surface area contributed by atoms with Crippen molar-refractivity contribution in [3.63, 3.8) is 0 Å². The Morgan fingerprint density at radius 3 is 1.75 bits per heavy atom. The van der Waals surface area contributed by atoms with E-state index in [1.807, 2.05) is 0 Å². The fraction of sp³-hybridized carbons (Fsp3) is 0.750. The number of allylic oxidation sites excluding steroid dienone is 2. The van der Waals surface area contributed by atoms with Crippen LogP contribution < -0.4 is 0 Å². The van der Waals surface area contributed by atoms with Gasteiger partial charge in [-0.05, 0) is 110 Å². The average Bonchev–Trinajstić information content (AvgIpc) is 2.90. The molecule has 9 atom stereocenters. The monoisotopic (exact) mass is 553 g/mol. The van der Waals surface area contributed by atoms with Crippen LogP contribution in [0.2, 0.25) is 0 Å². The Kier molecular flexibility index (Phi) is 19.1. The summed E-state index contributed by atoms with van der Waals surface area (Å²) in [6.45, 7) is 40.8. The smallest absolute Gasteiger partial charge is 0.0234 e. The quantitative estimate of drug-likeness (QED) is 0.239. The molecule has 1 aliphatic rings. The van der Waals surface area contributed by atoms with Crippen molar-refractivity contribution in [2.24, 2.45) is 65.1 Å². The predicted octanol–water partition coefficient (Wildman–Crippen LogP) is 12.9. The molecule has 1 aliphatic carbocycles. The highest BCUT2D eigenvalue weighted by Crippen LogP contribution is 2.47. The first-order valence-corrected chi connectivity index (χ1v) is 16.9. The van der Waals surface area contributed by atoms with Gasteiger partial charge in [-0.25, -0.2) is 0 Å². The SMILES string of the molecule is C=C(C)CC(C)C.C=CC(C)C(CC1CC(CC)C(C)C(C)C1C)C(C)C(C)C(C)C.CCc1ccc(C)cc1. The van der Waals surface area contributed by atoms with Gasteiger partial charge in [-0.15, -0.1) is 13.2 Å². The van der Waals surface area contributed by atoms with Crippen molar-refractivity contribution in [2.75, 3.05) is 0 Å². The number of benzene rings is 1. The molecule has 232 valence electrons. The largest absolute Gasteiger partial charge is 0.103 e. The van der Waals surface area contributed by atoms with Gasteiger partial charge in [0.05, 0.1) is 0 Å². The Morgan fingerprint density at radius 2 is 1.38 bits per heavy atom. The Labute approximate surface area is 253 Å². The Morgan fingerprint density at radius 1 is 0.850 bits per heavy atom. The second-order valence-electron chi connectivity index (χ2n) is 14.6. The number of hydrogen-bond acceptors (Lipinski definition) is 0. The first kappa shape index (κ1) is 38.7. The van der Waals surface area contributed by atoms with Gasteiger partial charge >= 0.3 is 0 Å². The summed E-state index contributed by atoms with van der Waals surface area (Å²) in [5.74, 6) is 8.97. The van der Waals surface area contributed by atoms with E-state index >= 15 is 0 Å². The second kappa shape index (κ2) is 19.8. The number of rotatable bonds is 11. The van der Waals surface area contributed by atoms with Gasteiger partial charge < -0.3 is 0 Å². The van der Waals surface area contributed by atoms with E-state index in [1.165, 1.54) is 42.4 Å².